The molecule has 1 saturated heterocycles. The van der Waals surface area contributed by atoms with E-state index in [1.807, 2.05) is 20.8 Å². The maximum Gasteiger partial charge on any atom is 0.437 e. The van der Waals surface area contributed by atoms with Gasteiger partial charge in [0.1, 0.15) is 17.7 Å². The zero-order valence-electron chi connectivity index (χ0n) is 32.6. The van der Waals surface area contributed by atoms with Gasteiger partial charge in [-0.1, -0.05) is 62.7 Å². The van der Waals surface area contributed by atoms with Crippen molar-refractivity contribution < 1.29 is 37.4 Å². The van der Waals surface area contributed by atoms with Crippen LogP contribution in [0.1, 0.15) is 94.9 Å². The van der Waals surface area contributed by atoms with Gasteiger partial charge in [-0.15, -0.1) is 4.99 Å². The van der Waals surface area contributed by atoms with Crippen molar-refractivity contribution in [3.05, 3.63) is 76.6 Å². The van der Waals surface area contributed by atoms with Gasteiger partial charge in [0.15, 0.2) is 0 Å². The van der Waals surface area contributed by atoms with Crippen LogP contribution in [-0.2, 0) is 19.8 Å². The van der Waals surface area contributed by atoms with E-state index in [0.717, 1.165) is 12.8 Å². The number of alkyl carbamates (subject to hydrolysis) is 1. The second-order valence-electron chi connectivity index (χ2n) is 16.2. The highest BCUT2D eigenvalue weighted by Crippen LogP contribution is 2.43. The van der Waals surface area contributed by atoms with Crippen LogP contribution in [0.25, 0.3) is 11.1 Å². The molecule has 2 aromatic carbocycles. The van der Waals surface area contributed by atoms with Crippen LogP contribution in [-0.4, -0.2) is 88.2 Å². The highest BCUT2D eigenvalue weighted by molar-refractivity contribution is 6.34. The molecule has 2 aliphatic rings. The Labute approximate surface area is 329 Å². The number of ether oxygens (including phenoxy) is 2. The van der Waals surface area contributed by atoms with E-state index in [4.69, 9.17) is 21.1 Å². The predicted octanol–water partition coefficient (Wildman–Crippen LogP) is 7.31. The van der Waals surface area contributed by atoms with E-state index in [1.165, 1.54) is 35.8 Å². The molecular weight excluding hydrogens is 750 g/mol. The van der Waals surface area contributed by atoms with Gasteiger partial charge >= 0.3 is 18.7 Å². The van der Waals surface area contributed by atoms with E-state index < -0.39 is 59.8 Å². The van der Waals surface area contributed by atoms with Gasteiger partial charge in [0.25, 0.3) is 11.8 Å². The minimum absolute atomic E-state index is 0.0200. The molecular formula is C39H47ClF2N8O6. The fourth-order valence-corrected chi connectivity index (χ4v) is 6.36. The number of hydrogen-bond donors (Lipinski definition) is 2. The van der Waals surface area contributed by atoms with Crippen molar-refractivity contribution >= 4 is 47.9 Å². The molecule has 1 saturated carbocycles. The van der Waals surface area contributed by atoms with Gasteiger partial charge in [-0.05, 0) is 74.3 Å². The second-order valence-corrected chi connectivity index (χ2v) is 16.6. The molecule has 2 atom stereocenters. The lowest BCUT2D eigenvalue weighted by molar-refractivity contribution is -0.134. The van der Waals surface area contributed by atoms with Crippen LogP contribution in [0, 0.1) is 5.41 Å². The lowest BCUT2D eigenvalue weighted by Crippen LogP contribution is -2.47. The molecule has 1 aliphatic heterocycles. The van der Waals surface area contributed by atoms with E-state index in [0.29, 0.717) is 26.9 Å². The predicted molar refractivity (Wildman–Crippen MR) is 207 cm³/mol. The Morgan fingerprint density at radius 1 is 1.09 bits per heavy atom. The first-order valence-corrected chi connectivity index (χ1v) is 18.4. The molecule has 0 spiro atoms. The fourth-order valence-electron chi connectivity index (χ4n) is 6.16. The molecule has 4 amide bonds. The van der Waals surface area contributed by atoms with Crippen molar-refractivity contribution in [1.82, 2.24) is 30.2 Å². The van der Waals surface area contributed by atoms with Crippen molar-refractivity contribution in [3.8, 4) is 11.1 Å². The Kier molecular flexibility index (Phi) is 12.2. The van der Waals surface area contributed by atoms with Crippen LogP contribution >= 0.6 is 11.6 Å². The van der Waals surface area contributed by atoms with Crippen LogP contribution in [0.2, 0.25) is 5.02 Å². The number of aromatic nitrogens is 2. The number of carbonyl (C=O) groups is 4. The monoisotopic (exact) mass is 796 g/mol. The lowest BCUT2D eigenvalue weighted by atomic mass is 9.75. The van der Waals surface area contributed by atoms with Gasteiger partial charge in [-0.3, -0.25) is 14.5 Å². The number of rotatable bonds is 11. The zero-order valence-corrected chi connectivity index (χ0v) is 33.4. The maximum absolute atomic E-state index is 15.4. The number of benzene rings is 2. The molecule has 5 rings (SSSR count). The number of amides is 4. The second kappa shape index (κ2) is 16.4. The number of halogens is 3. The molecule has 2 N–H and O–H groups in total. The summed E-state index contributed by atoms with van der Waals surface area (Å²) in [6, 6.07) is 10.1. The Morgan fingerprint density at radius 3 is 2.34 bits per heavy atom. The summed E-state index contributed by atoms with van der Waals surface area (Å²) in [6.45, 7) is 7.61. The van der Waals surface area contributed by atoms with E-state index >= 15 is 4.79 Å². The van der Waals surface area contributed by atoms with Crippen molar-refractivity contribution in [1.29, 1.82) is 0 Å². The maximum atomic E-state index is 15.4. The molecule has 14 nitrogen and oxygen atoms in total. The summed E-state index contributed by atoms with van der Waals surface area (Å²) >= 11 is 6.50. The summed E-state index contributed by atoms with van der Waals surface area (Å²) in [6.07, 6.45) is 3.94. The Bertz CT molecular complexity index is 2020. The van der Waals surface area contributed by atoms with Gasteiger partial charge in [-0.2, -0.15) is 18.9 Å². The molecule has 2 fully saturated rings. The van der Waals surface area contributed by atoms with Crippen molar-refractivity contribution in [3.63, 3.8) is 0 Å². The van der Waals surface area contributed by atoms with Gasteiger partial charge in [0.05, 0.1) is 29.2 Å². The van der Waals surface area contributed by atoms with E-state index in [-0.39, 0.29) is 29.0 Å². The fraction of sp³-hybridized carbons (Fsp3) is 0.462. The quantitative estimate of drug-likeness (QED) is 0.150. The average molecular weight is 797 g/mol. The number of aliphatic imine (C=N–C) groups is 2. The zero-order chi connectivity index (χ0) is 41.2. The third kappa shape index (κ3) is 10.3. The molecule has 0 bridgehead atoms. The summed E-state index contributed by atoms with van der Waals surface area (Å²) in [5.41, 5.74) is -1.21. The van der Waals surface area contributed by atoms with Crippen LogP contribution in [0.5, 0.6) is 0 Å². The van der Waals surface area contributed by atoms with E-state index in [1.54, 1.807) is 70.1 Å². The molecule has 17 heteroatoms. The number of hydrogen-bond acceptors (Lipinski definition) is 7. The summed E-state index contributed by atoms with van der Waals surface area (Å²) in [7, 11) is 3.40. The topological polar surface area (TPSA) is 160 Å². The van der Waals surface area contributed by atoms with Crippen LogP contribution in [0.15, 0.2) is 64.8 Å². The van der Waals surface area contributed by atoms with Crippen LogP contribution in [0.3, 0.4) is 0 Å². The molecule has 1 aliphatic carbocycles. The molecule has 0 radical (unpaired) electrons. The third-order valence-electron chi connectivity index (χ3n) is 8.63. The highest BCUT2D eigenvalue weighted by Gasteiger charge is 2.55. The standard InChI is InChI=1S/C39H47ClF2N8O6/c1-37(2,3)21-39(26-12-9-23(10-13-26)25-18-44-49(19-25)33(41)42)32(52)50(34(47-39)46-36(54)56-38(4,5)6)30(20-55-35(53)45-27-14-15-27)24-11-16-29(40)28(17-24)31(51)43-22-48(7)8/h9-13,16-19,22,27,30,33H,14-15,20-21H2,1-8H3,(H,45,53)(H,46,47,54)/b43-22+/t30-,39-/m1/s1. The van der Waals surface area contributed by atoms with Gasteiger partial charge in [0.2, 0.25) is 5.96 Å². The van der Waals surface area contributed by atoms with E-state index in [9.17, 15) is 23.2 Å². The minimum atomic E-state index is -2.82. The normalized spacial score (nSPS) is 18.7. The third-order valence-corrected chi connectivity index (χ3v) is 8.96. The molecule has 3 aromatic rings. The van der Waals surface area contributed by atoms with E-state index in [2.05, 4.69) is 25.7 Å². The summed E-state index contributed by atoms with van der Waals surface area (Å²) in [5, 5.41) is 9.86. The van der Waals surface area contributed by atoms with Crippen LogP contribution < -0.4 is 10.6 Å². The average Bonchev–Trinajstić information content (AvgIpc) is 3.68. The summed E-state index contributed by atoms with van der Waals surface area (Å²) < 4.78 is 38.4. The smallest absolute Gasteiger partial charge is 0.437 e. The number of nitrogens with zero attached hydrogens (tertiary/aromatic N) is 6. The first-order valence-electron chi connectivity index (χ1n) is 18.0. The minimum Gasteiger partial charge on any atom is -0.447 e. The Morgan fingerprint density at radius 2 is 1.77 bits per heavy atom. The molecule has 0 unspecified atom stereocenters. The van der Waals surface area contributed by atoms with Crippen molar-refractivity contribution in [2.45, 2.75) is 90.6 Å². The number of carbonyl (C=O) groups excluding carboxylic acids is 4. The molecule has 2 heterocycles. The summed E-state index contributed by atoms with van der Waals surface area (Å²) in [4.78, 5) is 66.0. The first kappa shape index (κ1) is 41.8. The van der Waals surface area contributed by atoms with Gasteiger partial charge in [0, 0.05) is 31.9 Å². The highest BCUT2D eigenvalue weighted by atomic mass is 35.5. The Hall–Kier alpha value is -5.38. The largest absolute Gasteiger partial charge is 0.447 e. The number of nitrogens with one attached hydrogen (secondary N) is 2. The van der Waals surface area contributed by atoms with Crippen LogP contribution in [0.4, 0.5) is 18.4 Å². The molecule has 300 valence electrons. The lowest BCUT2D eigenvalue weighted by Gasteiger charge is -2.35. The molecule has 1 aromatic heterocycles. The molecule has 56 heavy (non-hydrogen) atoms. The number of guanidine groups is 1. The first-order chi connectivity index (χ1) is 26.2. The van der Waals surface area contributed by atoms with Gasteiger partial charge < -0.3 is 25.0 Å². The number of alkyl halides is 2. The SMILES string of the molecule is CN(C)/C=N/C(=O)c1cc([C@@H](COC(=O)NC2CC2)N2C(=O)[C@@](CC(C)(C)C)(c3ccc(-c4cnn(C(F)F)c4)cc3)N/C2=N\C(=O)OC(C)(C)C)ccc1Cl. The van der Waals surface area contributed by atoms with Gasteiger partial charge in [-0.25, -0.2) is 14.3 Å². The Balaban J connectivity index is 1.67. The summed E-state index contributed by atoms with van der Waals surface area (Å²) in [5.74, 6) is -1.41. The van der Waals surface area contributed by atoms with Crippen molar-refractivity contribution in [2.75, 3.05) is 20.7 Å². The van der Waals surface area contributed by atoms with Crippen molar-refractivity contribution in [2.24, 2.45) is 15.4 Å².